The molecule has 1 aromatic heterocycles. The zero-order valence-electron chi connectivity index (χ0n) is 25.8. The van der Waals surface area contributed by atoms with Gasteiger partial charge in [0.15, 0.2) is 0 Å². The molecule has 1 amide bonds. The fourth-order valence-electron chi connectivity index (χ4n) is 6.59. The lowest BCUT2D eigenvalue weighted by molar-refractivity contribution is -0.143. The number of anilines is 1. The van der Waals surface area contributed by atoms with Gasteiger partial charge >= 0.3 is 12.1 Å². The number of carboxylic acid groups (broad SMARTS) is 1. The number of piperidine rings is 1. The second kappa shape index (κ2) is 10.9. The first kappa shape index (κ1) is 29.0. The predicted molar refractivity (Wildman–Crippen MR) is 166 cm³/mol. The minimum absolute atomic E-state index is 0.206. The van der Waals surface area contributed by atoms with Crippen LogP contribution in [0.2, 0.25) is 0 Å². The standard InChI is InChI=1S/C35H41N3O5/c1-22-9-12-30(28(17-22)29-7-6-8-31(36-29)38-19-26-18-35(26,21-38)32(39)40)42-20-25-11-10-24-13-15-37(16-14-27(24)23(25)2)33(41)43-34(3,4)5/h6-12,17,26H,13-16,18-21H2,1-5H3,(H,39,40)/t26?,35-/m0/s1. The molecule has 2 aliphatic heterocycles. The number of benzene rings is 2. The highest BCUT2D eigenvalue weighted by atomic mass is 16.6. The average Bonchev–Trinajstić information content (AvgIpc) is 3.61. The van der Waals surface area contributed by atoms with Crippen LogP contribution in [-0.4, -0.2) is 58.8 Å². The molecule has 1 saturated carbocycles. The van der Waals surface area contributed by atoms with Crippen LogP contribution < -0.4 is 9.64 Å². The summed E-state index contributed by atoms with van der Waals surface area (Å²) in [6, 6.07) is 16.4. The number of nitrogens with zero attached hydrogens (tertiary/aromatic N) is 3. The van der Waals surface area contributed by atoms with Crippen LogP contribution in [0.4, 0.5) is 10.6 Å². The summed E-state index contributed by atoms with van der Waals surface area (Å²) in [5.41, 5.74) is 6.60. The maximum absolute atomic E-state index is 12.7. The van der Waals surface area contributed by atoms with E-state index in [9.17, 15) is 14.7 Å². The van der Waals surface area contributed by atoms with E-state index in [0.29, 0.717) is 26.2 Å². The SMILES string of the molecule is Cc1ccc(OCc2ccc3c(c2C)CCN(C(=O)OC(C)(C)C)CC3)c(-c2cccc(N3CC4C[C@]4(C(=O)O)C3)n2)c1. The highest BCUT2D eigenvalue weighted by Crippen LogP contribution is 2.58. The second-order valence-corrected chi connectivity index (χ2v) is 13.4. The van der Waals surface area contributed by atoms with E-state index < -0.39 is 17.0 Å². The van der Waals surface area contributed by atoms with E-state index in [-0.39, 0.29) is 12.0 Å². The van der Waals surface area contributed by atoms with E-state index in [2.05, 4.69) is 36.9 Å². The van der Waals surface area contributed by atoms with Crippen LogP contribution in [0.1, 0.15) is 55.0 Å². The van der Waals surface area contributed by atoms with Crippen molar-refractivity contribution in [1.29, 1.82) is 0 Å². The Kier molecular flexibility index (Phi) is 7.35. The van der Waals surface area contributed by atoms with Crippen molar-refractivity contribution in [3.63, 3.8) is 0 Å². The fraction of sp³-hybridized carbons (Fsp3) is 0.457. The molecule has 0 bridgehead atoms. The topological polar surface area (TPSA) is 92.2 Å². The van der Waals surface area contributed by atoms with Gasteiger partial charge in [-0.05, 0) is 106 Å². The number of ether oxygens (including phenoxy) is 2. The molecule has 1 saturated heterocycles. The van der Waals surface area contributed by atoms with Gasteiger partial charge in [0.2, 0.25) is 0 Å². The first-order chi connectivity index (χ1) is 20.4. The van der Waals surface area contributed by atoms with Gasteiger partial charge in [0.05, 0.1) is 11.1 Å². The number of aliphatic carboxylic acids is 1. The Morgan fingerprint density at radius 1 is 1.07 bits per heavy atom. The third kappa shape index (κ3) is 5.79. The molecular weight excluding hydrogens is 542 g/mol. The maximum Gasteiger partial charge on any atom is 0.410 e. The Bertz CT molecular complexity index is 1580. The van der Waals surface area contributed by atoms with Gasteiger partial charge in [-0.1, -0.05) is 29.8 Å². The Morgan fingerprint density at radius 2 is 1.86 bits per heavy atom. The highest BCUT2D eigenvalue weighted by molar-refractivity contribution is 5.81. The zero-order chi connectivity index (χ0) is 30.5. The fourth-order valence-corrected chi connectivity index (χ4v) is 6.59. The van der Waals surface area contributed by atoms with Gasteiger partial charge in [-0.15, -0.1) is 0 Å². The van der Waals surface area contributed by atoms with Crippen LogP contribution in [0.25, 0.3) is 11.3 Å². The van der Waals surface area contributed by atoms with Gasteiger partial charge in [-0.3, -0.25) is 4.79 Å². The number of pyridine rings is 1. The molecule has 6 rings (SSSR count). The van der Waals surface area contributed by atoms with E-state index >= 15 is 0 Å². The van der Waals surface area contributed by atoms with Crippen LogP contribution in [0.15, 0.2) is 48.5 Å². The number of hydrogen-bond acceptors (Lipinski definition) is 6. The zero-order valence-corrected chi connectivity index (χ0v) is 25.8. The van der Waals surface area contributed by atoms with Crippen molar-refractivity contribution in [3.8, 4) is 17.0 Å². The largest absolute Gasteiger partial charge is 0.488 e. The van der Waals surface area contributed by atoms with Crippen molar-refractivity contribution < 1.29 is 24.2 Å². The van der Waals surface area contributed by atoms with Crippen LogP contribution >= 0.6 is 0 Å². The molecule has 3 aromatic rings. The molecule has 3 heterocycles. The monoisotopic (exact) mass is 583 g/mol. The number of rotatable bonds is 6. The quantitative estimate of drug-likeness (QED) is 0.370. The number of carboxylic acids is 1. The summed E-state index contributed by atoms with van der Waals surface area (Å²) in [7, 11) is 0. The second-order valence-electron chi connectivity index (χ2n) is 13.4. The summed E-state index contributed by atoms with van der Waals surface area (Å²) in [5.74, 6) is 1.07. The normalized spacial score (nSPS) is 21.1. The minimum Gasteiger partial charge on any atom is -0.488 e. The summed E-state index contributed by atoms with van der Waals surface area (Å²) < 4.78 is 12.1. The summed E-state index contributed by atoms with van der Waals surface area (Å²) in [5, 5.41) is 9.72. The van der Waals surface area contributed by atoms with Gasteiger partial charge in [0.1, 0.15) is 23.8 Å². The van der Waals surface area contributed by atoms with E-state index in [1.165, 1.54) is 16.7 Å². The van der Waals surface area contributed by atoms with Gasteiger partial charge in [0, 0.05) is 31.7 Å². The molecule has 1 unspecified atom stereocenters. The molecule has 0 spiro atoms. The van der Waals surface area contributed by atoms with Crippen molar-refractivity contribution in [2.24, 2.45) is 11.3 Å². The molecule has 2 fully saturated rings. The molecule has 8 nitrogen and oxygen atoms in total. The molecule has 2 aromatic carbocycles. The molecule has 1 aliphatic carbocycles. The first-order valence-corrected chi connectivity index (χ1v) is 15.2. The van der Waals surface area contributed by atoms with Gasteiger partial charge in [-0.2, -0.15) is 0 Å². The van der Waals surface area contributed by atoms with E-state index in [0.717, 1.165) is 59.8 Å². The number of hydrogen-bond donors (Lipinski definition) is 1. The number of aryl methyl sites for hydroxylation is 1. The highest BCUT2D eigenvalue weighted by Gasteiger charge is 2.65. The van der Waals surface area contributed by atoms with Crippen LogP contribution in [0.5, 0.6) is 5.75 Å². The predicted octanol–water partition coefficient (Wildman–Crippen LogP) is 6.19. The lowest BCUT2D eigenvalue weighted by Gasteiger charge is -2.26. The minimum atomic E-state index is -0.695. The number of aromatic nitrogens is 1. The third-order valence-electron chi connectivity index (χ3n) is 9.17. The summed E-state index contributed by atoms with van der Waals surface area (Å²) in [6.07, 6.45) is 2.08. The molecule has 0 radical (unpaired) electrons. The van der Waals surface area contributed by atoms with Crippen LogP contribution in [0.3, 0.4) is 0 Å². The number of amides is 1. The van der Waals surface area contributed by atoms with E-state index in [1.807, 2.05) is 56.0 Å². The summed E-state index contributed by atoms with van der Waals surface area (Å²) >= 11 is 0. The lowest BCUT2D eigenvalue weighted by Crippen LogP contribution is -2.38. The summed E-state index contributed by atoms with van der Waals surface area (Å²) in [6.45, 7) is 12.8. The van der Waals surface area contributed by atoms with Crippen molar-refractivity contribution in [3.05, 3.63) is 76.3 Å². The smallest absolute Gasteiger partial charge is 0.410 e. The van der Waals surface area contributed by atoms with Crippen molar-refractivity contribution in [2.75, 3.05) is 31.1 Å². The van der Waals surface area contributed by atoms with Crippen LogP contribution in [0, 0.1) is 25.2 Å². The molecule has 1 N–H and O–H groups in total. The lowest BCUT2D eigenvalue weighted by atomic mass is 9.94. The van der Waals surface area contributed by atoms with Gasteiger partial charge in [-0.25, -0.2) is 9.78 Å². The molecule has 8 heteroatoms. The Morgan fingerprint density at radius 3 is 2.60 bits per heavy atom. The Labute approximate surface area is 253 Å². The van der Waals surface area contributed by atoms with Crippen molar-refractivity contribution >= 4 is 17.9 Å². The van der Waals surface area contributed by atoms with E-state index in [4.69, 9.17) is 14.5 Å². The molecule has 3 aliphatic rings. The maximum atomic E-state index is 12.7. The average molecular weight is 584 g/mol. The molecular formula is C35H41N3O5. The van der Waals surface area contributed by atoms with E-state index in [1.54, 1.807) is 0 Å². The van der Waals surface area contributed by atoms with Crippen molar-refractivity contribution in [2.45, 2.75) is 66.1 Å². The summed E-state index contributed by atoms with van der Waals surface area (Å²) in [4.78, 5) is 33.4. The first-order valence-electron chi connectivity index (χ1n) is 15.2. The number of carbonyl (C=O) groups is 2. The van der Waals surface area contributed by atoms with Gasteiger partial charge < -0.3 is 24.4 Å². The van der Waals surface area contributed by atoms with Crippen LogP contribution in [-0.2, 0) is 29.0 Å². The Balaban J connectivity index is 1.18. The van der Waals surface area contributed by atoms with Crippen molar-refractivity contribution in [1.82, 2.24) is 9.88 Å². The molecule has 226 valence electrons. The van der Waals surface area contributed by atoms with Gasteiger partial charge in [0.25, 0.3) is 0 Å². The number of fused-ring (bicyclic) bond motifs is 2. The number of carbonyl (C=O) groups excluding carboxylic acids is 1. The third-order valence-corrected chi connectivity index (χ3v) is 9.17. The Hall–Kier alpha value is -4.07. The molecule has 2 atom stereocenters. The molecule has 43 heavy (non-hydrogen) atoms.